The van der Waals surface area contributed by atoms with Gasteiger partial charge in [0.05, 0.1) is 7.11 Å². The monoisotopic (exact) mass is 198 g/mol. The molecule has 0 aromatic carbocycles. The third-order valence-corrected chi connectivity index (χ3v) is 1.85. The van der Waals surface area contributed by atoms with Gasteiger partial charge in [0.1, 0.15) is 5.82 Å². The van der Waals surface area contributed by atoms with E-state index in [2.05, 4.69) is 17.6 Å². The predicted molar refractivity (Wildman–Crippen MR) is 53.6 cm³/mol. The maximum atomic E-state index is 10.9. The fourth-order valence-electron chi connectivity index (χ4n) is 0.802. The molecular weight excluding hydrogens is 188 g/mol. The smallest absolute Gasteiger partial charge is 0.283 e. The Bertz CT molecular complexity index is 317. The summed E-state index contributed by atoms with van der Waals surface area (Å²) < 4.78 is 4.91. The average Bonchev–Trinajstić information content (AvgIpc) is 2.16. The van der Waals surface area contributed by atoms with Crippen LogP contribution in [-0.2, 0) is 0 Å². The number of anilines is 1. The molecule has 1 heterocycles. The number of aromatic nitrogens is 1. The number of pyridine rings is 1. The molecule has 70 valence electrons. The summed E-state index contributed by atoms with van der Waals surface area (Å²) in [5, 5.41) is -0.360. The number of thiol groups is 1. The molecule has 0 radical (unpaired) electrons. The Morgan fingerprint density at radius 1 is 1.62 bits per heavy atom. The summed E-state index contributed by atoms with van der Waals surface area (Å²) in [6.07, 6.45) is 0. The SMILES string of the molecule is COc1cccc(N(C)C(=O)S)n1. The van der Waals surface area contributed by atoms with Crippen molar-refractivity contribution < 1.29 is 9.53 Å². The third-order valence-electron chi connectivity index (χ3n) is 1.55. The quantitative estimate of drug-likeness (QED) is 0.733. The minimum atomic E-state index is -0.360. The van der Waals surface area contributed by atoms with E-state index >= 15 is 0 Å². The van der Waals surface area contributed by atoms with E-state index in [-0.39, 0.29) is 5.24 Å². The Labute approximate surface area is 81.9 Å². The lowest BCUT2D eigenvalue weighted by atomic mass is 10.4. The van der Waals surface area contributed by atoms with Gasteiger partial charge in [0.2, 0.25) is 5.88 Å². The van der Waals surface area contributed by atoms with E-state index < -0.39 is 0 Å². The van der Waals surface area contributed by atoms with Crippen LogP contribution in [0.15, 0.2) is 18.2 Å². The van der Waals surface area contributed by atoms with Crippen molar-refractivity contribution in [2.24, 2.45) is 0 Å². The standard InChI is InChI=1S/C8H10N2O2S/c1-10(8(11)13)6-4-3-5-7(9-6)12-2/h3-5H,1-2H3,(H,11,13). The second-order valence-corrected chi connectivity index (χ2v) is 2.76. The molecular formula is C8H10N2O2S. The van der Waals surface area contributed by atoms with Crippen LogP contribution in [-0.4, -0.2) is 24.4 Å². The van der Waals surface area contributed by atoms with Crippen molar-refractivity contribution >= 4 is 23.7 Å². The van der Waals surface area contributed by atoms with Gasteiger partial charge in [-0.15, -0.1) is 0 Å². The van der Waals surface area contributed by atoms with E-state index in [4.69, 9.17) is 4.74 Å². The molecule has 1 aromatic rings. The number of methoxy groups -OCH3 is 1. The number of hydrogen-bond acceptors (Lipinski definition) is 3. The van der Waals surface area contributed by atoms with E-state index in [0.29, 0.717) is 11.7 Å². The molecule has 0 aliphatic heterocycles. The van der Waals surface area contributed by atoms with Crippen molar-refractivity contribution in [2.45, 2.75) is 0 Å². The van der Waals surface area contributed by atoms with Crippen molar-refractivity contribution in [3.8, 4) is 5.88 Å². The van der Waals surface area contributed by atoms with Gasteiger partial charge in [-0.3, -0.25) is 9.69 Å². The van der Waals surface area contributed by atoms with Crippen LogP contribution in [0.5, 0.6) is 5.88 Å². The molecule has 0 saturated carbocycles. The fourth-order valence-corrected chi connectivity index (χ4v) is 0.905. The number of nitrogens with zero attached hydrogens (tertiary/aromatic N) is 2. The molecule has 0 saturated heterocycles. The van der Waals surface area contributed by atoms with Crippen molar-refractivity contribution in [3.63, 3.8) is 0 Å². The van der Waals surface area contributed by atoms with E-state index in [9.17, 15) is 4.79 Å². The Morgan fingerprint density at radius 2 is 2.31 bits per heavy atom. The summed E-state index contributed by atoms with van der Waals surface area (Å²) >= 11 is 3.67. The van der Waals surface area contributed by atoms with Gasteiger partial charge in [-0.1, -0.05) is 18.7 Å². The van der Waals surface area contributed by atoms with Gasteiger partial charge in [-0.25, -0.2) is 0 Å². The number of carbonyl (C=O) groups is 1. The first-order valence-electron chi connectivity index (χ1n) is 3.63. The fraction of sp³-hybridized carbons (Fsp3) is 0.250. The second kappa shape index (κ2) is 4.13. The Morgan fingerprint density at radius 3 is 2.85 bits per heavy atom. The zero-order valence-electron chi connectivity index (χ0n) is 7.39. The van der Waals surface area contributed by atoms with Crippen LogP contribution in [0, 0.1) is 0 Å². The zero-order chi connectivity index (χ0) is 9.84. The summed E-state index contributed by atoms with van der Waals surface area (Å²) in [6, 6.07) is 5.17. The lowest BCUT2D eigenvalue weighted by Gasteiger charge is -2.12. The highest BCUT2D eigenvalue weighted by Gasteiger charge is 2.07. The molecule has 0 unspecified atom stereocenters. The van der Waals surface area contributed by atoms with Gasteiger partial charge in [0.15, 0.2) is 0 Å². The first-order chi connectivity index (χ1) is 6.15. The number of rotatable bonds is 2. The Balaban J connectivity index is 2.94. The van der Waals surface area contributed by atoms with Gasteiger partial charge in [-0.2, -0.15) is 4.98 Å². The molecule has 0 fully saturated rings. The van der Waals surface area contributed by atoms with Crippen LogP contribution in [0.4, 0.5) is 10.6 Å². The van der Waals surface area contributed by atoms with E-state index in [1.807, 2.05) is 0 Å². The van der Waals surface area contributed by atoms with E-state index in [1.54, 1.807) is 25.2 Å². The molecule has 4 nitrogen and oxygen atoms in total. The van der Waals surface area contributed by atoms with Crippen LogP contribution in [0.2, 0.25) is 0 Å². The molecule has 1 rings (SSSR count). The average molecular weight is 198 g/mol. The zero-order valence-corrected chi connectivity index (χ0v) is 8.28. The van der Waals surface area contributed by atoms with E-state index in [0.717, 1.165) is 0 Å². The summed E-state index contributed by atoms with van der Waals surface area (Å²) in [4.78, 5) is 16.2. The summed E-state index contributed by atoms with van der Waals surface area (Å²) in [7, 11) is 3.12. The lowest BCUT2D eigenvalue weighted by Crippen LogP contribution is -2.20. The minimum absolute atomic E-state index is 0.360. The highest BCUT2D eigenvalue weighted by atomic mass is 32.1. The lowest BCUT2D eigenvalue weighted by molar-refractivity contribution is 0.266. The van der Waals surface area contributed by atoms with Gasteiger partial charge in [0.25, 0.3) is 5.24 Å². The molecule has 13 heavy (non-hydrogen) atoms. The molecule has 0 N–H and O–H groups in total. The van der Waals surface area contributed by atoms with Crippen LogP contribution < -0.4 is 9.64 Å². The van der Waals surface area contributed by atoms with Crippen LogP contribution in [0.1, 0.15) is 0 Å². The van der Waals surface area contributed by atoms with Gasteiger partial charge in [0, 0.05) is 13.1 Å². The maximum absolute atomic E-state index is 10.9. The van der Waals surface area contributed by atoms with Crippen molar-refractivity contribution in [1.29, 1.82) is 0 Å². The molecule has 0 atom stereocenters. The predicted octanol–water partition coefficient (Wildman–Crippen LogP) is 1.58. The first kappa shape index (κ1) is 9.85. The van der Waals surface area contributed by atoms with Gasteiger partial charge >= 0.3 is 0 Å². The minimum Gasteiger partial charge on any atom is -0.481 e. The van der Waals surface area contributed by atoms with Crippen molar-refractivity contribution in [3.05, 3.63) is 18.2 Å². The Hall–Kier alpha value is -1.23. The maximum Gasteiger partial charge on any atom is 0.283 e. The molecule has 1 aromatic heterocycles. The van der Waals surface area contributed by atoms with Crippen LogP contribution in [0.3, 0.4) is 0 Å². The van der Waals surface area contributed by atoms with Gasteiger partial charge < -0.3 is 4.74 Å². The number of carbonyl (C=O) groups excluding carboxylic acids is 1. The highest BCUT2D eigenvalue weighted by Crippen LogP contribution is 2.15. The molecule has 1 amide bonds. The second-order valence-electron chi connectivity index (χ2n) is 2.38. The largest absolute Gasteiger partial charge is 0.481 e. The summed E-state index contributed by atoms with van der Waals surface area (Å²) in [6.45, 7) is 0. The third kappa shape index (κ3) is 2.35. The highest BCUT2D eigenvalue weighted by molar-refractivity contribution is 7.96. The molecule has 5 heteroatoms. The Kier molecular flexibility index (Phi) is 3.13. The van der Waals surface area contributed by atoms with Crippen molar-refractivity contribution in [2.75, 3.05) is 19.1 Å². The molecule has 0 aliphatic carbocycles. The van der Waals surface area contributed by atoms with Crippen molar-refractivity contribution in [1.82, 2.24) is 4.98 Å². The normalized spacial score (nSPS) is 9.46. The first-order valence-corrected chi connectivity index (χ1v) is 4.07. The number of amides is 1. The molecule has 0 spiro atoms. The summed E-state index contributed by atoms with van der Waals surface area (Å²) in [5.41, 5.74) is 0. The number of ether oxygens (including phenoxy) is 1. The molecule has 0 bridgehead atoms. The van der Waals surface area contributed by atoms with E-state index in [1.165, 1.54) is 12.0 Å². The number of hydrogen-bond donors (Lipinski definition) is 1. The van der Waals surface area contributed by atoms with Crippen LogP contribution >= 0.6 is 12.6 Å². The molecule has 0 aliphatic rings. The van der Waals surface area contributed by atoms with Gasteiger partial charge in [-0.05, 0) is 6.07 Å². The topological polar surface area (TPSA) is 42.4 Å². The van der Waals surface area contributed by atoms with Crippen LogP contribution in [0.25, 0.3) is 0 Å². The summed E-state index contributed by atoms with van der Waals surface area (Å²) in [5.74, 6) is 0.985.